The van der Waals surface area contributed by atoms with Crippen LogP contribution < -0.4 is 5.32 Å². The molecular formula is C13H21N3O2. The van der Waals surface area contributed by atoms with Crippen molar-refractivity contribution in [2.75, 3.05) is 13.2 Å². The number of hydrogen-bond acceptors (Lipinski definition) is 4. The van der Waals surface area contributed by atoms with Gasteiger partial charge in [-0.05, 0) is 13.8 Å². The van der Waals surface area contributed by atoms with Crippen LogP contribution >= 0.6 is 0 Å². The Balaban J connectivity index is 2.49. The minimum atomic E-state index is -0.316. The normalized spacial score (nSPS) is 18.8. The summed E-state index contributed by atoms with van der Waals surface area (Å²) in [7, 11) is 0. The molecule has 0 fully saturated rings. The molecule has 0 bridgehead atoms. The molecule has 0 spiro atoms. The molecule has 18 heavy (non-hydrogen) atoms. The summed E-state index contributed by atoms with van der Waals surface area (Å²) >= 11 is 0. The van der Waals surface area contributed by atoms with Crippen LogP contribution in [0.3, 0.4) is 0 Å². The molecule has 1 N–H and O–H groups in total. The van der Waals surface area contributed by atoms with Gasteiger partial charge in [-0.25, -0.2) is 9.78 Å². The second kappa shape index (κ2) is 5.10. The van der Waals surface area contributed by atoms with Crippen molar-refractivity contribution in [3.63, 3.8) is 0 Å². The highest BCUT2D eigenvalue weighted by atomic mass is 16.5. The molecule has 1 aromatic heterocycles. The van der Waals surface area contributed by atoms with Gasteiger partial charge in [0.15, 0.2) is 5.69 Å². The van der Waals surface area contributed by atoms with E-state index < -0.39 is 0 Å². The second-order valence-corrected chi connectivity index (χ2v) is 4.99. The van der Waals surface area contributed by atoms with Crippen molar-refractivity contribution in [2.45, 2.75) is 46.2 Å². The van der Waals surface area contributed by atoms with Crippen molar-refractivity contribution in [3.05, 3.63) is 17.2 Å². The van der Waals surface area contributed by atoms with Gasteiger partial charge in [-0.3, -0.25) is 0 Å². The van der Waals surface area contributed by atoms with Crippen molar-refractivity contribution in [1.82, 2.24) is 14.9 Å². The van der Waals surface area contributed by atoms with Crippen molar-refractivity contribution in [1.29, 1.82) is 0 Å². The quantitative estimate of drug-likeness (QED) is 0.833. The Morgan fingerprint density at radius 3 is 2.94 bits per heavy atom. The van der Waals surface area contributed by atoms with Crippen LogP contribution in [0.2, 0.25) is 0 Å². The molecule has 0 amide bonds. The first kappa shape index (κ1) is 13.1. The van der Waals surface area contributed by atoms with Crippen molar-refractivity contribution in [3.8, 4) is 0 Å². The van der Waals surface area contributed by atoms with Gasteiger partial charge in [0, 0.05) is 25.0 Å². The Kier molecular flexibility index (Phi) is 3.71. The number of nitrogens with zero attached hydrogens (tertiary/aromatic N) is 2. The lowest BCUT2D eigenvalue weighted by molar-refractivity contribution is 0.0518. The number of aromatic nitrogens is 2. The first-order valence-electron chi connectivity index (χ1n) is 6.55. The third kappa shape index (κ3) is 2.14. The molecule has 0 aromatic carbocycles. The molecule has 1 aliphatic rings. The van der Waals surface area contributed by atoms with Gasteiger partial charge < -0.3 is 14.6 Å². The summed E-state index contributed by atoms with van der Waals surface area (Å²) in [5.74, 6) is 0.957. The number of nitrogens with one attached hydrogen (secondary N) is 1. The number of rotatable bonds is 3. The maximum absolute atomic E-state index is 11.9. The van der Waals surface area contributed by atoms with Gasteiger partial charge in [-0.1, -0.05) is 13.8 Å². The van der Waals surface area contributed by atoms with Crippen molar-refractivity contribution < 1.29 is 9.53 Å². The van der Waals surface area contributed by atoms with Crippen molar-refractivity contribution >= 4 is 5.97 Å². The first-order valence-corrected chi connectivity index (χ1v) is 6.55. The average molecular weight is 251 g/mol. The summed E-state index contributed by atoms with van der Waals surface area (Å²) in [4.78, 5) is 16.4. The van der Waals surface area contributed by atoms with Crippen LogP contribution in [-0.4, -0.2) is 28.7 Å². The molecule has 1 aromatic rings. The molecule has 0 unspecified atom stereocenters. The Morgan fingerprint density at radius 2 is 2.33 bits per heavy atom. The summed E-state index contributed by atoms with van der Waals surface area (Å²) < 4.78 is 7.27. The van der Waals surface area contributed by atoms with Crippen LogP contribution in [0.15, 0.2) is 0 Å². The van der Waals surface area contributed by atoms with Gasteiger partial charge in [-0.15, -0.1) is 0 Å². The summed E-state index contributed by atoms with van der Waals surface area (Å²) in [6, 6.07) is 0.321. The molecule has 1 aliphatic heterocycles. The van der Waals surface area contributed by atoms with Crippen LogP contribution in [0, 0.1) is 0 Å². The minimum Gasteiger partial charge on any atom is -0.461 e. The van der Waals surface area contributed by atoms with E-state index >= 15 is 0 Å². The highest BCUT2D eigenvalue weighted by molar-refractivity contribution is 5.88. The molecule has 2 rings (SSSR count). The zero-order valence-corrected chi connectivity index (χ0v) is 11.5. The van der Waals surface area contributed by atoms with E-state index in [1.54, 1.807) is 0 Å². The lowest BCUT2D eigenvalue weighted by Crippen LogP contribution is -2.33. The molecule has 1 atom stereocenters. The van der Waals surface area contributed by atoms with E-state index in [0.717, 1.165) is 18.1 Å². The lowest BCUT2D eigenvalue weighted by Gasteiger charge is -2.26. The third-order valence-corrected chi connectivity index (χ3v) is 3.20. The summed E-state index contributed by atoms with van der Waals surface area (Å²) in [6.45, 7) is 10.1. The number of imidazole rings is 1. The highest BCUT2D eigenvalue weighted by Gasteiger charge is 2.28. The average Bonchev–Trinajstić information content (AvgIpc) is 2.70. The molecule has 0 saturated carbocycles. The maximum Gasteiger partial charge on any atom is 0.358 e. The maximum atomic E-state index is 11.9. The van der Waals surface area contributed by atoms with E-state index in [4.69, 9.17) is 4.74 Å². The van der Waals surface area contributed by atoms with Crippen LogP contribution in [-0.2, 0) is 11.3 Å². The Bertz CT molecular complexity index is 451. The fourth-order valence-corrected chi connectivity index (χ4v) is 2.41. The van der Waals surface area contributed by atoms with Gasteiger partial charge in [0.25, 0.3) is 0 Å². The molecule has 100 valence electrons. The van der Waals surface area contributed by atoms with Crippen LogP contribution in [0.25, 0.3) is 0 Å². The summed E-state index contributed by atoms with van der Waals surface area (Å²) in [5, 5.41) is 3.31. The zero-order valence-electron chi connectivity index (χ0n) is 11.5. The fourth-order valence-electron chi connectivity index (χ4n) is 2.41. The largest absolute Gasteiger partial charge is 0.461 e. The van der Waals surface area contributed by atoms with Crippen LogP contribution in [0.4, 0.5) is 0 Å². The van der Waals surface area contributed by atoms with Gasteiger partial charge in [-0.2, -0.15) is 0 Å². The lowest BCUT2D eigenvalue weighted by atomic mass is 10.1. The SMILES string of the molecule is CCOC(=O)c1nc(C(C)C)n2c1CNC[C@H]2C. The van der Waals surface area contributed by atoms with Crippen molar-refractivity contribution in [2.24, 2.45) is 0 Å². The third-order valence-electron chi connectivity index (χ3n) is 3.20. The topological polar surface area (TPSA) is 56.1 Å². The molecule has 0 saturated heterocycles. The predicted molar refractivity (Wildman–Crippen MR) is 68.7 cm³/mol. The molecule has 5 nitrogen and oxygen atoms in total. The number of carbonyl (C=O) groups is 1. The van der Waals surface area contributed by atoms with Gasteiger partial charge in [0.1, 0.15) is 5.82 Å². The Labute approximate surface area is 108 Å². The Hall–Kier alpha value is -1.36. The van der Waals surface area contributed by atoms with E-state index in [2.05, 4.69) is 35.6 Å². The second-order valence-electron chi connectivity index (χ2n) is 4.99. The monoisotopic (exact) mass is 251 g/mol. The molecule has 0 aliphatic carbocycles. The number of esters is 1. The molecule has 5 heteroatoms. The van der Waals surface area contributed by atoms with E-state index in [0.29, 0.717) is 30.8 Å². The van der Waals surface area contributed by atoms with E-state index in [1.807, 2.05) is 6.92 Å². The summed E-state index contributed by atoms with van der Waals surface area (Å²) in [5.41, 5.74) is 1.43. The van der Waals surface area contributed by atoms with Crippen LogP contribution in [0.1, 0.15) is 61.7 Å². The van der Waals surface area contributed by atoms with E-state index in [9.17, 15) is 4.79 Å². The molecular weight excluding hydrogens is 230 g/mol. The molecule has 0 radical (unpaired) electrons. The van der Waals surface area contributed by atoms with Gasteiger partial charge in [0.2, 0.25) is 0 Å². The number of fused-ring (bicyclic) bond motifs is 1. The fraction of sp³-hybridized carbons (Fsp3) is 0.692. The number of hydrogen-bond donors (Lipinski definition) is 1. The van der Waals surface area contributed by atoms with E-state index in [-0.39, 0.29) is 5.97 Å². The standard InChI is InChI=1S/C13H21N3O2/c1-5-18-13(17)11-10-7-14-6-9(4)16(10)12(15-11)8(2)3/h8-9,14H,5-7H2,1-4H3/t9-/m1/s1. The van der Waals surface area contributed by atoms with Gasteiger partial charge >= 0.3 is 5.97 Å². The highest BCUT2D eigenvalue weighted by Crippen LogP contribution is 2.26. The number of ether oxygens (including phenoxy) is 1. The predicted octanol–water partition coefficient (Wildman–Crippen LogP) is 1.85. The van der Waals surface area contributed by atoms with E-state index in [1.165, 1.54) is 0 Å². The zero-order chi connectivity index (χ0) is 13.3. The number of carbonyl (C=O) groups excluding carboxylic acids is 1. The summed E-state index contributed by atoms with van der Waals surface area (Å²) in [6.07, 6.45) is 0. The Morgan fingerprint density at radius 1 is 1.61 bits per heavy atom. The van der Waals surface area contributed by atoms with Gasteiger partial charge in [0.05, 0.1) is 12.3 Å². The smallest absolute Gasteiger partial charge is 0.358 e. The minimum absolute atomic E-state index is 0.299. The first-order chi connectivity index (χ1) is 8.56. The molecule has 2 heterocycles. The van der Waals surface area contributed by atoms with Crippen LogP contribution in [0.5, 0.6) is 0 Å².